The first kappa shape index (κ1) is 14.1. The van der Waals surface area contributed by atoms with Crippen molar-refractivity contribution in [2.24, 2.45) is 0 Å². The Kier molecular flexibility index (Phi) is 3.74. The molecule has 22 heavy (non-hydrogen) atoms. The second-order valence-corrected chi connectivity index (χ2v) is 4.76. The number of aromatic nitrogens is 3. The van der Waals surface area contributed by atoms with E-state index in [1.807, 2.05) is 55.4 Å². The van der Waals surface area contributed by atoms with E-state index in [-0.39, 0.29) is 0 Å². The van der Waals surface area contributed by atoms with Gasteiger partial charge in [-0.25, -0.2) is 9.97 Å². The molecular formula is C16H17N5O. The summed E-state index contributed by atoms with van der Waals surface area (Å²) >= 11 is 0. The minimum atomic E-state index is 0.584. The molecule has 0 spiro atoms. The van der Waals surface area contributed by atoms with E-state index in [1.165, 1.54) is 0 Å². The molecule has 0 aliphatic carbocycles. The van der Waals surface area contributed by atoms with Crippen molar-refractivity contribution < 1.29 is 4.74 Å². The Morgan fingerprint density at radius 2 is 1.91 bits per heavy atom. The van der Waals surface area contributed by atoms with E-state index in [0.29, 0.717) is 11.8 Å². The number of hydrogen-bond donors (Lipinski definition) is 1. The van der Waals surface area contributed by atoms with Crippen LogP contribution in [0.25, 0.3) is 10.9 Å². The minimum Gasteiger partial charge on any atom is -0.481 e. The monoisotopic (exact) mass is 295 g/mol. The highest BCUT2D eigenvalue weighted by atomic mass is 16.5. The van der Waals surface area contributed by atoms with E-state index in [1.54, 1.807) is 13.3 Å². The van der Waals surface area contributed by atoms with Crippen molar-refractivity contribution in [3.63, 3.8) is 0 Å². The number of anilines is 3. The molecule has 1 N–H and O–H groups in total. The van der Waals surface area contributed by atoms with Gasteiger partial charge in [-0.1, -0.05) is 12.1 Å². The molecule has 0 radical (unpaired) electrons. The van der Waals surface area contributed by atoms with Crippen LogP contribution in [-0.2, 0) is 0 Å². The predicted molar refractivity (Wildman–Crippen MR) is 87.9 cm³/mol. The maximum Gasteiger partial charge on any atom is 0.224 e. The molecule has 6 heteroatoms. The van der Waals surface area contributed by atoms with Gasteiger partial charge >= 0.3 is 0 Å². The molecule has 0 saturated heterocycles. The third kappa shape index (κ3) is 2.50. The number of ether oxygens (including phenoxy) is 1. The lowest BCUT2D eigenvalue weighted by Gasteiger charge is -2.20. The number of pyridine rings is 1. The van der Waals surface area contributed by atoms with E-state index in [0.717, 1.165) is 22.4 Å². The summed E-state index contributed by atoms with van der Waals surface area (Å²) in [4.78, 5) is 15.3. The highest BCUT2D eigenvalue weighted by Gasteiger charge is 2.13. The molecule has 2 heterocycles. The van der Waals surface area contributed by atoms with E-state index in [9.17, 15) is 0 Å². The van der Waals surface area contributed by atoms with Crippen LogP contribution in [0, 0.1) is 0 Å². The van der Waals surface area contributed by atoms with Crippen molar-refractivity contribution in [1.82, 2.24) is 15.0 Å². The summed E-state index contributed by atoms with van der Waals surface area (Å²) in [6, 6.07) is 11.7. The Labute approximate surface area is 128 Å². The highest BCUT2D eigenvalue weighted by Crippen LogP contribution is 2.29. The van der Waals surface area contributed by atoms with Gasteiger partial charge in [-0.3, -0.25) is 0 Å². The normalized spacial score (nSPS) is 10.5. The van der Waals surface area contributed by atoms with Gasteiger partial charge in [0.15, 0.2) is 0 Å². The molecule has 2 aromatic heterocycles. The van der Waals surface area contributed by atoms with Crippen molar-refractivity contribution in [3.8, 4) is 5.88 Å². The molecule has 0 unspecified atom stereocenters. The Hall–Kier alpha value is -2.89. The lowest BCUT2D eigenvalue weighted by Crippen LogP contribution is -2.13. The molecule has 1 aromatic carbocycles. The number of methoxy groups -OCH3 is 1. The molecule has 3 aromatic rings. The number of nitrogens with zero attached hydrogens (tertiary/aromatic N) is 4. The van der Waals surface area contributed by atoms with Crippen LogP contribution in [0.15, 0.2) is 42.6 Å². The average Bonchev–Trinajstić information content (AvgIpc) is 2.60. The molecule has 0 fully saturated rings. The smallest absolute Gasteiger partial charge is 0.224 e. The summed E-state index contributed by atoms with van der Waals surface area (Å²) in [7, 11) is 5.36. The number of hydrogen-bond acceptors (Lipinski definition) is 6. The molecule has 0 aliphatic heterocycles. The van der Waals surface area contributed by atoms with Crippen LogP contribution >= 0.6 is 0 Å². The van der Waals surface area contributed by atoms with E-state index in [4.69, 9.17) is 4.74 Å². The number of rotatable bonds is 4. The minimum absolute atomic E-state index is 0.584. The van der Waals surface area contributed by atoms with Gasteiger partial charge in [-0.05, 0) is 18.2 Å². The second-order valence-electron chi connectivity index (χ2n) is 4.76. The van der Waals surface area contributed by atoms with Crippen molar-refractivity contribution in [1.29, 1.82) is 0 Å². The SMILES string of the molecule is CNc1nc(N(C)c2ccc(OC)nc2)c2ccccc2n1. The van der Waals surface area contributed by atoms with Gasteiger partial charge in [0.05, 0.1) is 24.5 Å². The lowest BCUT2D eigenvalue weighted by atomic mass is 10.2. The fourth-order valence-electron chi connectivity index (χ4n) is 2.24. The standard InChI is InChI=1S/C16H17N5O/c1-17-16-19-13-7-5-4-6-12(13)15(20-16)21(2)11-8-9-14(22-3)18-10-11/h4-10H,1-3H3,(H,17,19,20). The number of benzene rings is 1. The molecule has 0 amide bonds. The van der Waals surface area contributed by atoms with Crippen LogP contribution in [-0.4, -0.2) is 36.2 Å². The summed E-state index contributed by atoms with van der Waals surface area (Å²) < 4.78 is 5.10. The largest absolute Gasteiger partial charge is 0.481 e. The second kappa shape index (κ2) is 5.85. The molecule has 6 nitrogen and oxygen atoms in total. The van der Waals surface area contributed by atoms with E-state index < -0.39 is 0 Å². The van der Waals surface area contributed by atoms with Crippen LogP contribution in [0.2, 0.25) is 0 Å². The van der Waals surface area contributed by atoms with Gasteiger partial charge in [0, 0.05) is 25.5 Å². The van der Waals surface area contributed by atoms with Crippen LogP contribution in [0.4, 0.5) is 17.5 Å². The molecule has 0 atom stereocenters. The van der Waals surface area contributed by atoms with Gasteiger partial charge < -0.3 is 15.0 Å². The van der Waals surface area contributed by atoms with Crippen molar-refractivity contribution in [3.05, 3.63) is 42.6 Å². The molecule has 0 aliphatic rings. The zero-order valence-corrected chi connectivity index (χ0v) is 12.7. The van der Waals surface area contributed by atoms with Crippen molar-refractivity contribution in [2.45, 2.75) is 0 Å². The number of nitrogens with one attached hydrogen (secondary N) is 1. The van der Waals surface area contributed by atoms with E-state index >= 15 is 0 Å². The molecular weight excluding hydrogens is 278 g/mol. The number of fused-ring (bicyclic) bond motifs is 1. The first-order chi connectivity index (χ1) is 10.7. The quantitative estimate of drug-likeness (QED) is 0.798. The summed E-state index contributed by atoms with van der Waals surface area (Å²) in [5, 5.41) is 3.99. The van der Waals surface area contributed by atoms with Gasteiger partial charge in [0.25, 0.3) is 0 Å². The first-order valence-electron chi connectivity index (χ1n) is 6.91. The molecule has 0 saturated carbocycles. The van der Waals surface area contributed by atoms with Gasteiger partial charge in [-0.15, -0.1) is 0 Å². The van der Waals surface area contributed by atoms with Crippen LogP contribution < -0.4 is 15.0 Å². The zero-order chi connectivity index (χ0) is 15.5. The topological polar surface area (TPSA) is 63.2 Å². The zero-order valence-electron chi connectivity index (χ0n) is 12.7. The Balaban J connectivity index is 2.10. The third-order valence-electron chi connectivity index (χ3n) is 3.44. The van der Waals surface area contributed by atoms with Gasteiger partial charge in [0.2, 0.25) is 11.8 Å². The Morgan fingerprint density at radius 3 is 2.59 bits per heavy atom. The van der Waals surface area contributed by atoms with Crippen LogP contribution in [0.5, 0.6) is 5.88 Å². The van der Waals surface area contributed by atoms with Crippen LogP contribution in [0.1, 0.15) is 0 Å². The van der Waals surface area contributed by atoms with Gasteiger partial charge in [0.1, 0.15) is 5.82 Å². The fraction of sp³-hybridized carbons (Fsp3) is 0.188. The maximum absolute atomic E-state index is 5.10. The summed E-state index contributed by atoms with van der Waals surface area (Å²) in [6.07, 6.45) is 1.76. The highest BCUT2D eigenvalue weighted by molar-refractivity contribution is 5.92. The summed E-state index contributed by atoms with van der Waals surface area (Å²) in [6.45, 7) is 0. The molecule has 3 rings (SSSR count). The first-order valence-corrected chi connectivity index (χ1v) is 6.91. The van der Waals surface area contributed by atoms with Gasteiger partial charge in [-0.2, -0.15) is 4.98 Å². The third-order valence-corrected chi connectivity index (χ3v) is 3.44. The molecule has 0 bridgehead atoms. The van der Waals surface area contributed by atoms with Crippen molar-refractivity contribution >= 4 is 28.4 Å². The predicted octanol–water partition coefficient (Wildman–Crippen LogP) is 2.84. The fourth-order valence-corrected chi connectivity index (χ4v) is 2.24. The summed E-state index contributed by atoms with van der Waals surface area (Å²) in [5.74, 6) is 1.99. The summed E-state index contributed by atoms with van der Waals surface area (Å²) in [5.41, 5.74) is 1.82. The molecule has 112 valence electrons. The van der Waals surface area contributed by atoms with E-state index in [2.05, 4.69) is 20.3 Å². The Morgan fingerprint density at radius 1 is 1.09 bits per heavy atom. The lowest BCUT2D eigenvalue weighted by molar-refractivity contribution is 0.398. The van der Waals surface area contributed by atoms with Crippen molar-refractivity contribution in [2.75, 3.05) is 31.4 Å². The Bertz CT molecular complexity index is 788. The van der Waals surface area contributed by atoms with Crippen LogP contribution in [0.3, 0.4) is 0 Å². The number of para-hydroxylation sites is 1. The average molecular weight is 295 g/mol. The maximum atomic E-state index is 5.10.